The molecular formula is C11H15BrN2O3. The van der Waals surface area contributed by atoms with E-state index in [1.54, 1.807) is 19.2 Å². The first-order valence-electron chi connectivity index (χ1n) is 5.21. The summed E-state index contributed by atoms with van der Waals surface area (Å²) < 4.78 is 5.70. The zero-order valence-corrected chi connectivity index (χ0v) is 11.4. The number of anilines is 1. The van der Waals surface area contributed by atoms with Crippen molar-refractivity contribution in [1.29, 1.82) is 0 Å². The predicted octanol–water partition coefficient (Wildman–Crippen LogP) is 3.05. The van der Waals surface area contributed by atoms with Crippen molar-refractivity contribution in [1.82, 2.24) is 0 Å². The van der Waals surface area contributed by atoms with Crippen LogP contribution in [0.5, 0.6) is 0 Å². The second-order valence-corrected chi connectivity index (χ2v) is 4.78. The smallest absolute Gasteiger partial charge is 0.293 e. The highest BCUT2D eigenvalue weighted by atomic mass is 79.9. The van der Waals surface area contributed by atoms with Crippen molar-refractivity contribution in [2.75, 3.05) is 25.6 Å². The average molecular weight is 303 g/mol. The van der Waals surface area contributed by atoms with Gasteiger partial charge in [0.15, 0.2) is 0 Å². The van der Waals surface area contributed by atoms with E-state index in [0.717, 1.165) is 0 Å². The van der Waals surface area contributed by atoms with E-state index in [9.17, 15) is 10.1 Å². The number of nitro benzene ring substituents is 1. The van der Waals surface area contributed by atoms with Gasteiger partial charge in [-0.1, -0.05) is 22.9 Å². The van der Waals surface area contributed by atoms with E-state index in [1.165, 1.54) is 6.07 Å². The highest BCUT2D eigenvalue weighted by molar-refractivity contribution is 9.10. The number of methoxy groups -OCH3 is 1. The monoisotopic (exact) mass is 302 g/mol. The standard InChI is InChI=1S/C11H15BrN2O3/c1-8(7-17-2)6-13-10-4-3-9(12)5-11(10)14(15)16/h3-5,8,13H,6-7H2,1-2H3. The van der Waals surface area contributed by atoms with Crippen molar-refractivity contribution < 1.29 is 9.66 Å². The Bertz CT molecular complexity index is 398. The lowest BCUT2D eigenvalue weighted by Crippen LogP contribution is -2.16. The predicted molar refractivity (Wildman–Crippen MR) is 70.3 cm³/mol. The first kappa shape index (κ1) is 13.9. The zero-order valence-electron chi connectivity index (χ0n) is 9.77. The van der Waals surface area contributed by atoms with Crippen molar-refractivity contribution in [3.05, 3.63) is 32.8 Å². The number of halogens is 1. The molecule has 17 heavy (non-hydrogen) atoms. The fourth-order valence-corrected chi connectivity index (χ4v) is 1.78. The van der Waals surface area contributed by atoms with Crippen LogP contribution in [0, 0.1) is 16.0 Å². The summed E-state index contributed by atoms with van der Waals surface area (Å²) in [4.78, 5) is 10.5. The van der Waals surface area contributed by atoms with E-state index >= 15 is 0 Å². The molecule has 94 valence electrons. The molecule has 1 aromatic rings. The number of hydrogen-bond acceptors (Lipinski definition) is 4. The van der Waals surface area contributed by atoms with Gasteiger partial charge in [0.1, 0.15) is 5.69 Å². The van der Waals surface area contributed by atoms with Crippen LogP contribution in [-0.2, 0) is 4.74 Å². The number of ether oxygens (including phenoxy) is 1. The molecule has 0 saturated carbocycles. The van der Waals surface area contributed by atoms with Gasteiger partial charge in [0.2, 0.25) is 0 Å². The second-order valence-electron chi connectivity index (χ2n) is 3.86. The molecule has 6 heteroatoms. The van der Waals surface area contributed by atoms with E-state index < -0.39 is 4.92 Å². The van der Waals surface area contributed by atoms with Gasteiger partial charge in [0, 0.05) is 24.2 Å². The van der Waals surface area contributed by atoms with Crippen LogP contribution < -0.4 is 5.32 Å². The highest BCUT2D eigenvalue weighted by Gasteiger charge is 2.14. The minimum atomic E-state index is -0.395. The fraction of sp³-hybridized carbons (Fsp3) is 0.455. The lowest BCUT2D eigenvalue weighted by atomic mass is 10.2. The summed E-state index contributed by atoms with van der Waals surface area (Å²) in [5.41, 5.74) is 0.602. The Labute approximate surface area is 108 Å². The lowest BCUT2D eigenvalue weighted by molar-refractivity contribution is -0.384. The molecule has 1 aromatic carbocycles. The Morgan fingerprint density at radius 2 is 2.29 bits per heavy atom. The number of nitrogens with zero attached hydrogens (tertiary/aromatic N) is 1. The molecule has 0 aliphatic heterocycles. The van der Waals surface area contributed by atoms with Gasteiger partial charge in [-0.25, -0.2) is 0 Å². The molecule has 1 unspecified atom stereocenters. The lowest BCUT2D eigenvalue weighted by Gasteiger charge is -2.12. The van der Waals surface area contributed by atoms with Gasteiger partial charge in [0.25, 0.3) is 5.69 Å². The Balaban J connectivity index is 2.73. The summed E-state index contributed by atoms with van der Waals surface area (Å²) in [6.07, 6.45) is 0. The van der Waals surface area contributed by atoms with Gasteiger partial charge in [-0.05, 0) is 18.1 Å². The molecule has 0 heterocycles. The molecule has 0 aliphatic carbocycles. The van der Waals surface area contributed by atoms with E-state index in [1.807, 2.05) is 6.92 Å². The molecule has 0 saturated heterocycles. The number of nitrogens with one attached hydrogen (secondary N) is 1. The quantitative estimate of drug-likeness (QED) is 0.648. The van der Waals surface area contributed by atoms with Crippen LogP contribution >= 0.6 is 15.9 Å². The van der Waals surface area contributed by atoms with Crippen molar-refractivity contribution in [2.45, 2.75) is 6.92 Å². The second kappa shape index (κ2) is 6.56. The summed E-state index contributed by atoms with van der Waals surface area (Å²) in [6, 6.07) is 4.96. The van der Waals surface area contributed by atoms with Gasteiger partial charge >= 0.3 is 0 Å². The Morgan fingerprint density at radius 1 is 1.59 bits per heavy atom. The third kappa shape index (κ3) is 4.32. The van der Waals surface area contributed by atoms with Gasteiger partial charge < -0.3 is 10.1 Å². The molecule has 1 N–H and O–H groups in total. The normalized spacial score (nSPS) is 12.2. The Hall–Kier alpha value is -1.14. The number of hydrogen-bond donors (Lipinski definition) is 1. The fourth-order valence-electron chi connectivity index (χ4n) is 1.43. The largest absolute Gasteiger partial charge is 0.384 e. The minimum Gasteiger partial charge on any atom is -0.384 e. The molecule has 0 bridgehead atoms. The molecule has 1 rings (SSSR count). The van der Waals surface area contributed by atoms with Gasteiger partial charge in [-0.15, -0.1) is 0 Å². The maximum atomic E-state index is 10.9. The molecule has 0 amide bonds. The SMILES string of the molecule is COCC(C)CNc1ccc(Br)cc1[N+](=O)[O-]. The van der Waals surface area contributed by atoms with E-state index in [2.05, 4.69) is 21.2 Å². The Kier molecular flexibility index (Phi) is 5.37. The van der Waals surface area contributed by atoms with E-state index in [4.69, 9.17) is 4.74 Å². The van der Waals surface area contributed by atoms with Crippen LogP contribution in [0.15, 0.2) is 22.7 Å². The highest BCUT2D eigenvalue weighted by Crippen LogP contribution is 2.27. The first-order chi connectivity index (χ1) is 8.04. The summed E-state index contributed by atoms with van der Waals surface area (Å²) in [5.74, 6) is 0.295. The molecule has 0 fully saturated rings. The van der Waals surface area contributed by atoms with Crippen LogP contribution in [0.4, 0.5) is 11.4 Å². The van der Waals surface area contributed by atoms with Crippen LogP contribution in [0.1, 0.15) is 6.92 Å². The van der Waals surface area contributed by atoms with Crippen LogP contribution in [-0.4, -0.2) is 25.2 Å². The van der Waals surface area contributed by atoms with Gasteiger partial charge in [0.05, 0.1) is 11.5 Å². The molecule has 1 atom stereocenters. The maximum Gasteiger partial charge on any atom is 0.293 e. The van der Waals surface area contributed by atoms with Gasteiger partial charge in [-0.3, -0.25) is 10.1 Å². The minimum absolute atomic E-state index is 0.0731. The van der Waals surface area contributed by atoms with Crippen molar-refractivity contribution in [3.63, 3.8) is 0 Å². The summed E-state index contributed by atoms with van der Waals surface area (Å²) in [6.45, 7) is 3.27. The average Bonchev–Trinajstić information content (AvgIpc) is 2.27. The summed E-state index contributed by atoms with van der Waals surface area (Å²) >= 11 is 3.22. The topological polar surface area (TPSA) is 64.4 Å². The van der Waals surface area contributed by atoms with E-state index in [-0.39, 0.29) is 5.69 Å². The molecule has 0 aromatic heterocycles. The molecule has 0 aliphatic rings. The molecule has 5 nitrogen and oxygen atoms in total. The number of rotatable bonds is 6. The molecule has 0 radical (unpaired) electrons. The zero-order chi connectivity index (χ0) is 12.8. The summed E-state index contributed by atoms with van der Waals surface area (Å²) in [5, 5.41) is 13.9. The van der Waals surface area contributed by atoms with E-state index in [0.29, 0.717) is 29.2 Å². The van der Waals surface area contributed by atoms with Crippen LogP contribution in [0.25, 0.3) is 0 Å². The van der Waals surface area contributed by atoms with Crippen LogP contribution in [0.3, 0.4) is 0 Å². The summed E-state index contributed by atoms with van der Waals surface area (Å²) in [7, 11) is 1.64. The molecular weight excluding hydrogens is 288 g/mol. The Morgan fingerprint density at radius 3 is 2.88 bits per heavy atom. The third-order valence-corrected chi connectivity index (χ3v) is 2.74. The number of nitro groups is 1. The van der Waals surface area contributed by atoms with Gasteiger partial charge in [-0.2, -0.15) is 0 Å². The van der Waals surface area contributed by atoms with Crippen molar-refractivity contribution in [3.8, 4) is 0 Å². The maximum absolute atomic E-state index is 10.9. The van der Waals surface area contributed by atoms with Crippen molar-refractivity contribution in [2.24, 2.45) is 5.92 Å². The number of benzene rings is 1. The third-order valence-electron chi connectivity index (χ3n) is 2.25. The first-order valence-corrected chi connectivity index (χ1v) is 6.00. The molecule has 0 spiro atoms. The van der Waals surface area contributed by atoms with Crippen LogP contribution in [0.2, 0.25) is 0 Å². The van der Waals surface area contributed by atoms with Crippen molar-refractivity contribution >= 4 is 27.3 Å².